The van der Waals surface area contributed by atoms with Crippen LogP contribution in [-0.2, 0) is 16.1 Å². The number of nitrogens with zero attached hydrogens (tertiary/aromatic N) is 1. The largest absolute Gasteiger partial charge is 0.465 e. The van der Waals surface area contributed by atoms with E-state index < -0.39 is 5.91 Å². The highest BCUT2D eigenvalue weighted by Crippen LogP contribution is 2.21. The van der Waals surface area contributed by atoms with Gasteiger partial charge in [-0.15, -0.1) is 0 Å². The van der Waals surface area contributed by atoms with Crippen molar-refractivity contribution in [2.75, 3.05) is 13.2 Å². The Labute approximate surface area is 118 Å². The number of hydrogen-bond acceptors (Lipinski definition) is 4. The summed E-state index contributed by atoms with van der Waals surface area (Å²) in [6.45, 7) is 3.71. The molecular weight excluding hydrogens is 256 g/mol. The fraction of sp³-hybridized carbons (Fsp3) is 0.467. The highest BCUT2D eigenvalue weighted by molar-refractivity contribution is 5.92. The summed E-state index contributed by atoms with van der Waals surface area (Å²) in [5.74, 6) is -0.591. The van der Waals surface area contributed by atoms with Gasteiger partial charge < -0.3 is 10.5 Å². The van der Waals surface area contributed by atoms with Gasteiger partial charge in [-0.3, -0.25) is 14.5 Å². The second kappa shape index (κ2) is 6.52. The number of hydrogen-bond donors (Lipinski definition) is 1. The molecule has 5 heteroatoms. The molecule has 0 spiro atoms. The second-order valence-electron chi connectivity index (χ2n) is 4.95. The van der Waals surface area contributed by atoms with Crippen molar-refractivity contribution in [2.24, 2.45) is 5.73 Å². The van der Waals surface area contributed by atoms with Gasteiger partial charge in [0.1, 0.15) is 6.04 Å². The molecule has 1 aliphatic rings. The molecule has 2 N–H and O–H groups in total. The molecule has 0 bridgehead atoms. The molecule has 0 aliphatic carbocycles. The van der Waals surface area contributed by atoms with Gasteiger partial charge in [-0.2, -0.15) is 0 Å². The van der Waals surface area contributed by atoms with E-state index in [1.54, 1.807) is 12.1 Å². The van der Waals surface area contributed by atoms with E-state index in [0.29, 0.717) is 18.7 Å². The number of carbonyl (C=O) groups is 2. The predicted octanol–water partition coefficient (Wildman–Crippen LogP) is 1.31. The van der Waals surface area contributed by atoms with E-state index >= 15 is 0 Å². The molecule has 0 aromatic heterocycles. The van der Waals surface area contributed by atoms with Crippen molar-refractivity contribution in [3.05, 3.63) is 35.4 Å². The van der Waals surface area contributed by atoms with Gasteiger partial charge in [0.25, 0.3) is 0 Å². The molecule has 1 atom stereocenters. The Kier molecular flexibility index (Phi) is 4.74. The standard InChI is InChI=1S/C15H20N2O3/c1-2-20-15(19)13-7-4-8-17(13)10-11-5-3-6-12(9-11)14(16)18/h3,5-6,9,13H,2,4,7-8,10H2,1H3,(H2,16,18). The molecule has 1 amide bonds. The molecule has 1 aromatic carbocycles. The van der Waals surface area contributed by atoms with E-state index in [2.05, 4.69) is 4.90 Å². The Morgan fingerprint density at radius 3 is 2.95 bits per heavy atom. The smallest absolute Gasteiger partial charge is 0.323 e. The monoisotopic (exact) mass is 276 g/mol. The summed E-state index contributed by atoms with van der Waals surface area (Å²) in [4.78, 5) is 25.2. The lowest BCUT2D eigenvalue weighted by molar-refractivity contribution is -0.148. The van der Waals surface area contributed by atoms with Crippen LogP contribution in [0.1, 0.15) is 35.7 Å². The summed E-state index contributed by atoms with van der Waals surface area (Å²) in [6.07, 6.45) is 1.81. The minimum atomic E-state index is -0.435. The number of ether oxygens (including phenoxy) is 1. The van der Waals surface area contributed by atoms with Gasteiger partial charge >= 0.3 is 5.97 Å². The first-order valence-corrected chi connectivity index (χ1v) is 6.91. The fourth-order valence-corrected chi connectivity index (χ4v) is 2.58. The molecule has 1 unspecified atom stereocenters. The molecule has 1 saturated heterocycles. The number of esters is 1. The van der Waals surface area contributed by atoms with Crippen LogP contribution >= 0.6 is 0 Å². The predicted molar refractivity (Wildman–Crippen MR) is 75.0 cm³/mol. The third-order valence-electron chi connectivity index (χ3n) is 3.52. The van der Waals surface area contributed by atoms with Crippen LogP contribution in [0.3, 0.4) is 0 Å². The normalized spacial score (nSPS) is 18.9. The zero-order valence-corrected chi connectivity index (χ0v) is 11.7. The quantitative estimate of drug-likeness (QED) is 0.823. The molecular formula is C15H20N2O3. The van der Waals surface area contributed by atoms with Crippen LogP contribution in [0.25, 0.3) is 0 Å². The molecule has 5 nitrogen and oxygen atoms in total. The number of benzene rings is 1. The number of rotatable bonds is 5. The van der Waals surface area contributed by atoms with Crippen molar-refractivity contribution in [3.63, 3.8) is 0 Å². The van der Waals surface area contributed by atoms with Crippen molar-refractivity contribution in [2.45, 2.75) is 32.4 Å². The first-order chi connectivity index (χ1) is 9.61. The van der Waals surface area contributed by atoms with Crippen molar-refractivity contribution < 1.29 is 14.3 Å². The van der Waals surface area contributed by atoms with Crippen molar-refractivity contribution in [1.29, 1.82) is 0 Å². The first kappa shape index (κ1) is 14.5. The van der Waals surface area contributed by atoms with Crippen molar-refractivity contribution in [3.8, 4) is 0 Å². The maximum Gasteiger partial charge on any atom is 0.323 e. The summed E-state index contributed by atoms with van der Waals surface area (Å²) < 4.78 is 5.10. The summed E-state index contributed by atoms with van der Waals surface area (Å²) in [6, 6.07) is 7.05. The van der Waals surface area contributed by atoms with Crippen LogP contribution in [0.4, 0.5) is 0 Å². The van der Waals surface area contributed by atoms with E-state index in [0.717, 1.165) is 24.9 Å². The Hall–Kier alpha value is -1.88. The van der Waals surface area contributed by atoms with Crippen LogP contribution in [0.5, 0.6) is 0 Å². The third kappa shape index (κ3) is 3.36. The number of nitrogens with two attached hydrogens (primary N) is 1. The molecule has 2 rings (SSSR count). The zero-order valence-electron chi connectivity index (χ0n) is 11.7. The number of likely N-dealkylation sites (tertiary alicyclic amines) is 1. The van der Waals surface area contributed by atoms with Gasteiger partial charge in [-0.25, -0.2) is 0 Å². The molecule has 1 aromatic rings. The molecule has 20 heavy (non-hydrogen) atoms. The average Bonchev–Trinajstić information content (AvgIpc) is 2.87. The summed E-state index contributed by atoms with van der Waals surface area (Å²) in [5, 5.41) is 0. The lowest BCUT2D eigenvalue weighted by atomic mass is 10.1. The Balaban J connectivity index is 2.06. The van der Waals surface area contributed by atoms with Gasteiger partial charge in [-0.05, 0) is 44.0 Å². The van der Waals surface area contributed by atoms with Crippen molar-refractivity contribution in [1.82, 2.24) is 4.90 Å². The van der Waals surface area contributed by atoms with Gasteiger partial charge in [0.05, 0.1) is 6.61 Å². The minimum absolute atomic E-state index is 0.156. The molecule has 0 saturated carbocycles. The fourth-order valence-electron chi connectivity index (χ4n) is 2.58. The lowest BCUT2D eigenvalue weighted by Gasteiger charge is -2.22. The van der Waals surface area contributed by atoms with Crippen LogP contribution in [-0.4, -0.2) is 36.0 Å². The van der Waals surface area contributed by atoms with Gasteiger partial charge in [0.15, 0.2) is 0 Å². The maximum atomic E-state index is 11.9. The molecule has 108 valence electrons. The third-order valence-corrected chi connectivity index (χ3v) is 3.52. The molecule has 1 aliphatic heterocycles. The van der Waals surface area contributed by atoms with E-state index in [-0.39, 0.29) is 12.0 Å². The van der Waals surface area contributed by atoms with E-state index in [1.165, 1.54) is 0 Å². The van der Waals surface area contributed by atoms with Crippen molar-refractivity contribution >= 4 is 11.9 Å². The minimum Gasteiger partial charge on any atom is -0.465 e. The van der Waals surface area contributed by atoms with Crippen LogP contribution < -0.4 is 5.73 Å². The molecule has 1 fully saturated rings. The van der Waals surface area contributed by atoms with Crippen LogP contribution in [0.2, 0.25) is 0 Å². The highest BCUT2D eigenvalue weighted by atomic mass is 16.5. The topological polar surface area (TPSA) is 72.6 Å². The Bertz CT molecular complexity index is 502. The van der Waals surface area contributed by atoms with Gasteiger partial charge in [0, 0.05) is 12.1 Å². The number of primary amides is 1. The number of carbonyl (C=O) groups excluding carboxylic acids is 2. The van der Waals surface area contributed by atoms with Gasteiger partial charge in [-0.1, -0.05) is 12.1 Å². The average molecular weight is 276 g/mol. The molecule has 1 heterocycles. The number of amides is 1. The summed E-state index contributed by atoms with van der Waals surface area (Å²) in [7, 11) is 0. The van der Waals surface area contributed by atoms with Crippen LogP contribution in [0, 0.1) is 0 Å². The Morgan fingerprint density at radius 1 is 1.45 bits per heavy atom. The zero-order chi connectivity index (χ0) is 14.5. The van der Waals surface area contributed by atoms with Gasteiger partial charge in [0.2, 0.25) is 5.91 Å². The highest BCUT2D eigenvalue weighted by Gasteiger charge is 2.31. The second-order valence-corrected chi connectivity index (χ2v) is 4.95. The summed E-state index contributed by atoms with van der Waals surface area (Å²) >= 11 is 0. The van der Waals surface area contributed by atoms with E-state index in [4.69, 9.17) is 10.5 Å². The SMILES string of the molecule is CCOC(=O)C1CCCN1Cc1cccc(C(N)=O)c1. The van der Waals surface area contributed by atoms with E-state index in [9.17, 15) is 9.59 Å². The summed E-state index contributed by atoms with van der Waals surface area (Å²) in [5.41, 5.74) is 6.76. The van der Waals surface area contributed by atoms with E-state index in [1.807, 2.05) is 19.1 Å². The van der Waals surface area contributed by atoms with Crippen LogP contribution in [0.15, 0.2) is 24.3 Å². The Morgan fingerprint density at radius 2 is 2.25 bits per heavy atom. The first-order valence-electron chi connectivity index (χ1n) is 6.91. The maximum absolute atomic E-state index is 11.9. The lowest BCUT2D eigenvalue weighted by Crippen LogP contribution is -2.36. The molecule has 0 radical (unpaired) electrons.